The van der Waals surface area contributed by atoms with Crippen molar-refractivity contribution in [3.63, 3.8) is 0 Å². The monoisotopic (exact) mass is 311 g/mol. The van der Waals surface area contributed by atoms with E-state index >= 15 is 0 Å². The molecular weight excluding hydrogens is 290 g/mol. The first-order chi connectivity index (χ1) is 8.53. The van der Waals surface area contributed by atoms with Crippen LogP contribution in [0.25, 0.3) is 0 Å². The second-order valence-electron chi connectivity index (χ2n) is 5.62. The zero-order valence-corrected chi connectivity index (χ0v) is 13.0. The maximum absolute atomic E-state index is 6.00. The van der Waals surface area contributed by atoms with Crippen LogP contribution in [0.2, 0.25) is 0 Å². The third kappa shape index (κ3) is 3.07. The van der Waals surface area contributed by atoms with Crippen LogP contribution in [-0.2, 0) is 5.41 Å². The van der Waals surface area contributed by atoms with Gasteiger partial charge in [-0.2, -0.15) is 0 Å². The SMILES string of the molecule is CCC(C)(C)c1ccc(O[C@H]2CCNC2)c(Br)c1. The van der Waals surface area contributed by atoms with Crippen LogP contribution in [0.4, 0.5) is 0 Å². The lowest BCUT2D eigenvalue weighted by molar-refractivity contribution is 0.221. The van der Waals surface area contributed by atoms with E-state index in [4.69, 9.17) is 4.74 Å². The molecule has 1 aromatic carbocycles. The normalized spacial score (nSPS) is 20.1. The van der Waals surface area contributed by atoms with E-state index in [0.29, 0.717) is 6.10 Å². The third-order valence-electron chi connectivity index (χ3n) is 3.91. The number of ether oxygens (including phenoxy) is 1. The van der Waals surface area contributed by atoms with Gasteiger partial charge >= 0.3 is 0 Å². The quantitative estimate of drug-likeness (QED) is 0.911. The Labute approximate surface area is 118 Å². The Hall–Kier alpha value is -0.540. The lowest BCUT2D eigenvalue weighted by Gasteiger charge is -2.24. The Kier molecular flexibility index (Phi) is 4.33. The van der Waals surface area contributed by atoms with E-state index in [1.165, 1.54) is 5.56 Å². The van der Waals surface area contributed by atoms with Gasteiger partial charge in [0.1, 0.15) is 11.9 Å². The molecular formula is C15H22BrNO. The fourth-order valence-corrected chi connectivity index (χ4v) is 2.60. The Bertz CT molecular complexity index is 411. The van der Waals surface area contributed by atoms with E-state index in [9.17, 15) is 0 Å². The van der Waals surface area contributed by atoms with Gasteiger partial charge < -0.3 is 10.1 Å². The summed E-state index contributed by atoms with van der Waals surface area (Å²) in [5, 5.41) is 3.32. The van der Waals surface area contributed by atoms with Crippen molar-refractivity contribution in [3.05, 3.63) is 28.2 Å². The number of benzene rings is 1. The minimum Gasteiger partial charge on any atom is -0.488 e. The van der Waals surface area contributed by atoms with Crippen LogP contribution in [0.5, 0.6) is 5.75 Å². The van der Waals surface area contributed by atoms with E-state index < -0.39 is 0 Å². The van der Waals surface area contributed by atoms with Gasteiger partial charge in [0.25, 0.3) is 0 Å². The highest BCUT2D eigenvalue weighted by Gasteiger charge is 2.21. The van der Waals surface area contributed by atoms with Gasteiger partial charge in [-0.05, 0) is 58.4 Å². The largest absolute Gasteiger partial charge is 0.488 e. The predicted molar refractivity (Wildman–Crippen MR) is 79.4 cm³/mol. The Balaban J connectivity index is 2.14. The molecule has 0 aromatic heterocycles. The maximum Gasteiger partial charge on any atom is 0.133 e. The van der Waals surface area contributed by atoms with E-state index in [1.54, 1.807) is 0 Å². The summed E-state index contributed by atoms with van der Waals surface area (Å²) in [6.45, 7) is 8.78. The summed E-state index contributed by atoms with van der Waals surface area (Å²) >= 11 is 3.63. The topological polar surface area (TPSA) is 21.3 Å². The van der Waals surface area contributed by atoms with Crippen molar-refractivity contribution in [2.24, 2.45) is 0 Å². The highest BCUT2D eigenvalue weighted by molar-refractivity contribution is 9.10. The van der Waals surface area contributed by atoms with E-state index in [-0.39, 0.29) is 5.41 Å². The standard InChI is InChI=1S/C15H22BrNO/c1-4-15(2,3)11-5-6-14(13(16)9-11)18-12-7-8-17-10-12/h5-6,9,12,17H,4,7-8,10H2,1-3H3/t12-/m0/s1. The van der Waals surface area contributed by atoms with Crippen molar-refractivity contribution in [1.82, 2.24) is 5.32 Å². The lowest BCUT2D eigenvalue weighted by Crippen LogP contribution is -2.20. The molecule has 0 unspecified atom stereocenters. The molecule has 0 aliphatic carbocycles. The fourth-order valence-electron chi connectivity index (χ4n) is 2.13. The summed E-state index contributed by atoms with van der Waals surface area (Å²) in [5.41, 5.74) is 1.57. The van der Waals surface area contributed by atoms with Crippen LogP contribution in [0.15, 0.2) is 22.7 Å². The van der Waals surface area contributed by atoms with Crippen molar-refractivity contribution < 1.29 is 4.74 Å². The van der Waals surface area contributed by atoms with E-state index in [1.807, 2.05) is 0 Å². The van der Waals surface area contributed by atoms with Crippen LogP contribution >= 0.6 is 15.9 Å². The number of halogens is 1. The number of hydrogen-bond donors (Lipinski definition) is 1. The number of nitrogens with one attached hydrogen (secondary N) is 1. The van der Waals surface area contributed by atoms with Gasteiger partial charge in [-0.15, -0.1) is 0 Å². The van der Waals surface area contributed by atoms with Crippen LogP contribution < -0.4 is 10.1 Å². The average molecular weight is 312 g/mol. The smallest absolute Gasteiger partial charge is 0.133 e. The van der Waals surface area contributed by atoms with Crippen LogP contribution in [0, 0.1) is 0 Å². The minimum atomic E-state index is 0.218. The molecule has 0 spiro atoms. The molecule has 2 nitrogen and oxygen atoms in total. The molecule has 0 bridgehead atoms. The molecule has 1 aromatic rings. The molecule has 1 aliphatic rings. The maximum atomic E-state index is 6.00. The van der Waals surface area contributed by atoms with Gasteiger partial charge in [0.15, 0.2) is 0 Å². The second kappa shape index (κ2) is 5.62. The first-order valence-corrected chi connectivity index (χ1v) is 7.49. The van der Waals surface area contributed by atoms with E-state index in [2.05, 4.69) is 60.2 Å². The Morgan fingerprint density at radius 3 is 2.78 bits per heavy atom. The summed E-state index contributed by atoms with van der Waals surface area (Å²) in [5.74, 6) is 0.958. The molecule has 3 heteroatoms. The van der Waals surface area contributed by atoms with Gasteiger partial charge in [-0.3, -0.25) is 0 Å². The molecule has 0 radical (unpaired) electrons. The summed E-state index contributed by atoms with van der Waals surface area (Å²) < 4.78 is 7.06. The zero-order chi connectivity index (χ0) is 13.2. The molecule has 1 atom stereocenters. The molecule has 1 N–H and O–H groups in total. The molecule has 1 fully saturated rings. The number of hydrogen-bond acceptors (Lipinski definition) is 2. The fraction of sp³-hybridized carbons (Fsp3) is 0.600. The summed E-state index contributed by atoms with van der Waals surface area (Å²) in [6, 6.07) is 6.47. The summed E-state index contributed by atoms with van der Waals surface area (Å²) in [7, 11) is 0. The highest BCUT2D eigenvalue weighted by atomic mass is 79.9. The molecule has 0 amide bonds. The molecule has 100 valence electrons. The highest BCUT2D eigenvalue weighted by Crippen LogP contribution is 2.34. The third-order valence-corrected chi connectivity index (χ3v) is 4.53. The van der Waals surface area contributed by atoms with Crippen molar-refractivity contribution in [3.8, 4) is 5.75 Å². The van der Waals surface area contributed by atoms with Crippen LogP contribution in [0.1, 0.15) is 39.2 Å². The van der Waals surface area contributed by atoms with Gasteiger partial charge in [-0.25, -0.2) is 0 Å². The molecule has 1 heterocycles. The first kappa shape index (κ1) is 13.9. The molecule has 1 aliphatic heterocycles. The molecule has 18 heavy (non-hydrogen) atoms. The lowest BCUT2D eigenvalue weighted by atomic mass is 9.82. The predicted octanol–water partition coefficient (Wildman–Crippen LogP) is 3.88. The van der Waals surface area contributed by atoms with Gasteiger partial charge in [0.05, 0.1) is 4.47 Å². The van der Waals surface area contributed by atoms with Crippen molar-refractivity contribution in [2.45, 2.75) is 45.1 Å². The van der Waals surface area contributed by atoms with Crippen LogP contribution in [-0.4, -0.2) is 19.2 Å². The average Bonchev–Trinajstić information content (AvgIpc) is 2.84. The molecule has 0 saturated carbocycles. The first-order valence-electron chi connectivity index (χ1n) is 6.70. The van der Waals surface area contributed by atoms with Crippen molar-refractivity contribution >= 4 is 15.9 Å². The van der Waals surface area contributed by atoms with E-state index in [0.717, 1.165) is 36.2 Å². The van der Waals surface area contributed by atoms with Crippen molar-refractivity contribution in [2.75, 3.05) is 13.1 Å². The summed E-state index contributed by atoms with van der Waals surface area (Å²) in [6.07, 6.45) is 2.53. The van der Waals surface area contributed by atoms with Gasteiger partial charge in [-0.1, -0.05) is 26.8 Å². The zero-order valence-electron chi connectivity index (χ0n) is 11.4. The van der Waals surface area contributed by atoms with Gasteiger partial charge in [0, 0.05) is 6.54 Å². The van der Waals surface area contributed by atoms with Crippen LogP contribution in [0.3, 0.4) is 0 Å². The number of rotatable bonds is 4. The Morgan fingerprint density at radius 1 is 1.44 bits per heavy atom. The minimum absolute atomic E-state index is 0.218. The Morgan fingerprint density at radius 2 is 2.22 bits per heavy atom. The molecule has 2 rings (SSSR count). The van der Waals surface area contributed by atoms with Crippen molar-refractivity contribution in [1.29, 1.82) is 0 Å². The van der Waals surface area contributed by atoms with Gasteiger partial charge in [0.2, 0.25) is 0 Å². The second-order valence-corrected chi connectivity index (χ2v) is 6.47. The summed E-state index contributed by atoms with van der Waals surface area (Å²) in [4.78, 5) is 0. The molecule has 1 saturated heterocycles.